The summed E-state index contributed by atoms with van der Waals surface area (Å²) in [5.41, 5.74) is 2.36. The van der Waals surface area contributed by atoms with Gasteiger partial charge in [0.15, 0.2) is 0 Å². The van der Waals surface area contributed by atoms with Crippen LogP contribution in [0.1, 0.15) is 102 Å². The van der Waals surface area contributed by atoms with E-state index in [1.807, 2.05) is 0 Å². The van der Waals surface area contributed by atoms with Crippen LogP contribution in [0, 0.1) is 35.5 Å². The van der Waals surface area contributed by atoms with Gasteiger partial charge in [-0.2, -0.15) is 0 Å². The second-order valence-electron chi connectivity index (χ2n) is 9.33. The van der Waals surface area contributed by atoms with Gasteiger partial charge in [0.25, 0.3) is 0 Å². The van der Waals surface area contributed by atoms with Crippen molar-refractivity contribution in [2.45, 2.75) is 97.3 Å². The first-order chi connectivity index (χ1) is 13.7. The van der Waals surface area contributed by atoms with Gasteiger partial charge in [-0.1, -0.05) is 75.5 Å². The molecule has 1 aromatic carbocycles. The van der Waals surface area contributed by atoms with Crippen LogP contribution in [0.3, 0.4) is 0 Å². The average molecular weight is 399 g/mol. The van der Waals surface area contributed by atoms with Gasteiger partial charge >= 0.3 is 0 Å². The van der Waals surface area contributed by atoms with Gasteiger partial charge in [0.2, 0.25) is 0 Å². The van der Waals surface area contributed by atoms with Crippen molar-refractivity contribution in [2.24, 2.45) is 23.7 Å². The van der Waals surface area contributed by atoms with E-state index in [0.29, 0.717) is 5.92 Å². The predicted octanol–water partition coefficient (Wildman–Crippen LogP) is 8.45. The van der Waals surface area contributed by atoms with Crippen LogP contribution in [0.5, 0.6) is 0 Å². The summed E-state index contributed by atoms with van der Waals surface area (Å²) >= 11 is 6.49. The normalized spacial score (nSPS) is 27.8. The Bertz CT molecular complexity index is 649. The molecule has 0 radical (unpaired) electrons. The fraction of sp³-hybridized carbons (Fsp3) is 0.704. The molecule has 0 N–H and O–H groups in total. The number of rotatable bonds is 6. The Morgan fingerprint density at radius 1 is 0.893 bits per heavy atom. The van der Waals surface area contributed by atoms with E-state index < -0.39 is 0 Å². The summed E-state index contributed by atoms with van der Waals surface area (Å²) in [5, 5.41) is 0.897. The molecule has 28 heavy (non-hydrogen) atoms. The smallest absolute Gasteiger partial charge is 0.0450 e. The lowest BCUT2D eigenvalue weighted by Crippen LogP contribution is -2.25. The number of hydrogen-bond acceptors (Lipinski definition) is 0. The van der Waals surface area contributed by atoms with Crippen molar-refractivity contribution in [1.82, 2.24) is 0 Å². The molecular weight excluding hydrogens is 360 g/mol. The third-order valence-electron chi connectivity index (χ3n) is 7.43. The third-order valence-corrected chi connectivity index (χ3v) is 7.78. The van der Waals surface area contributed by atoms with Crippen molar-refractivity contribution in [3.05, 3.63) is 34.3 Å². The van der Waals surface area contributed by atoms with Crippen LogP contribution in [-0.2, 0) is 6.42 Å². The fourth-order valence-electron chi connectivity index (χ4n) is 5.38. The molecule has 2 aliphatic rings. The number of aryl methyl sites for hydroxylation is 1. The molecule has 0 heterocycles. The van der Waals surface area contributed by atoms with E-state index in [2.05, 4.69) is 43.9 Å². The molecule has 0 amide bonds. The number of benzene rings is 1. The summed E-state index contributed by atoms with van der Waals surface area (Å²) in [5.74, 6) is 10.6. The van der Waals surface area contributed by atoms with Crippen LogP contribution in [0.2, 0.25) is 5.02 Å². The maximum absolute atomic E-state index is 6.49. The zero-order valence-corrected chi connectivity index (χ0v) is 18.9. The number of unbranched alkanes of at least 4 members (excludes halogenated alkanes) is 2. The molecule has 0 bridgehead atoms. The van der Waals surface area contributed by atoms with Crippen LogP contribution in [0.4, 0.5) is 0 Å². The van der Waals surface area contributed by atoms with Gasteiger partial charge in [-0.15, -0.1) is 0 Å². The summed E-state index contributed by atoms with van der Waals surface area (Å²) < 4.78 is 0. The summed E-state index contributed by atoms with van der Waals surface area (Å²) in [4.78, 5) is 0. The fourth-order valence-corrected chi connectivity index (χ4v) is 5.66. The standard InChI is InChI=1S/C27H39Cl/c1-3-5-6-7-26-19-14-23(20-27(26)28)9-8-22-12-17-25(18-13-22)24-15-10-21(4-2)11-16-24/h14,19-22,24-25H,3-7,10-13,15-18H2,1-2H3/t21-,22?,24-,25?. The zero-order chi connectivity index (χ0) is 19.8. The van der Waals surface area contributed by atoms with Gasteiger partial charge < -0.3 is 0 Å². The first-order valence-corrected chi connectivity index (χ1v) is 12.4. The van der Waals surface area contributed by atoms with Crippen LogP contribution < -0.4 is 0 Å². The minimum Gasteiger partial charge on any atom is -0.0945 e. The SMILES string of the molecule is CCCCCc1ccc(C#CC2CCC([C@H]3CC[C@H](CC)CC3)CC2)cc1Cl. The Balaban J connectivity index is 1.46. The van der Waals surface area contributed by atoms with Crippen LogP contribution in [0.25, 0.3) is 0 Å². The van der Waals surface area contributed by atoms with Crippen molar-refractivity contribution in [3.63, 3.8) is 0 Å². The summed E-state index contributed by atoms with van der Waals surface area (Å²) in [6, 6.07) is 6.43. The Kier molecular flexibility index (Phi) is 8.79. The molecule has 0 unspecified atom stereocenters. The van der Waals surface area contributed by atoms with Gasteiger partial charge in [0.05, 0.1) is 0 Å². The monoisotopic (exact) mass is 398 g/mol. The van der Waals surface area contributed by atoms with E-state index in [4.69, 9.17) is 11.6 Å². The molecule has 2 aliphatic carbocycles. The average Bonchev–Trinajstić information content (AvgIpc) is 2.74. The lowest BCUT2D eigenvalue weighted by molar-refractivity contribution is 0.156. The Morgan fingerprint density at radius 3 is 2.18 bits per heavy atom. The van der Waals surface area contributed by atoms with Crippen LogP contribution in [-0.4, -0.2) is 0 Å². The molecule has 1 aromatic rings. The molecule has 2 fully saturated rings. The van der Waals surface area contributed by atoms with Crippen molar-refractivity contribution in [1.29, 1.82) is 0 Å². The molecule has 0 aromatic heterocycles. The van der Waals surface area contributed by atoms with Crippen molar-refractivity contribution in [3.8, 4) is 11.8 Å². The van der Waals surface area contributed by atoms with Crippen LogP contribution in [0.15, 0.2) is 18.2 Å². The van der Waals surface area contributed by atoms with Gasteiger partial charge in [0, 0.05) is 16.5 Å². The van der Waals surface area contributed by atoms with E-state index in [0.717, 1.165) is 34.8 Å². The Morgan fingerprint density at radius 2 is 1.57 bits per heavy atom. The largest absolute Gasteiger partial charge is 0.0945 e. The first kappa shape index (κ1) is 21.8. The molecule has 1 heteroatoms. The van der Waals surface area contributed by atoms with Gasteiger partial charge in [-0.05, 0) is 86.8 Å². The minimum absolute atomic E-state index is 0.589. The third kappa shape index (κ3) is 6.29. The lowest BCUT2D eigenvalue weighted by atomic mass is 9.69. The van der Waals surface area contributed by atoms with E-state index >= 15 is 0 Å². The second-order valence-corrected chi connectivity index (χ2v) is 9.74. The summed E-state index contributed by atoms with van der Waals surface area (Å²) in [7, 11) is 0. The first-order valence-electron chi connectivity index (χ1n) is 12.0. The van der Waals surface area contributed by atoms with E-state index in [-0.39, 0.29) is 0 Å². The van der Waals surface area contributed by atoms with Gasteiger partial charge in [-0.25, -0.2) is 0 Å². The quantitative estimate of drug-likeness (QED) is 0.333. The molecule has 2 saturated carbocycles. The zero-order valence-electron chi connectivity index (χ0n) is 18.1. The molecule has 0 saturated heterocycles. The van der Waals surface area contributed by atoms with Gasteiger partial charge in [-0.3, -0.25) is 0 Å². The summed E-state index contributed by atoms with van der Waals surface area (Å²) in [6.07, 6.45) is 17.6. The maximum atomic E-state index is 6.49. The number of hydrogen-bond donors (Lipinski definition) is 0. The highest BCUT2D eigenvalue weighted by Crippen LogP contribution is 2.41. The number of halogens is 1. The molecule has 0 spiro atoms. The molecular formula is C27H39Cl. The van der Waals surface area contributed by atoms with Gasteiger partial charge in [0.1, 0.15) is 0 Å². The molecule has 154 valence electrons. The predicted molar refractivity (Wildman–Crippen MR) is 123 cm³/mol. The van der Waals surface area contributed by atoms with E-state index in [1.54, 1.807) is 0 Å². The molecule has 0 aliphatic heterocycles. The van der Waals surface area contributed by atoms with E-state index in [1.165, 1.54) is 82.6 Å². The Labute approximate surface area is 178 Å². The minimum atomic E-state index is 0.589. The van der Waals surface area contributed by atoms with E-state index in [9.17, 15) is 0 Å². The maximum Gasteiger partial charge on any atom is 0.0450 e. The highest BCUT2D eigenvalue weighted by Gasteiger charge is 2.29. The molecule has 0 atom stereocenters. The Hall–Kier alpha value is -0.930. The molecule has 0 nitrogen and oxygen atoms in total. The summed E-state index contributed by atoms with van der Waals surface area (Å²) in [6.45, 7) is 4.60. The van der Waals surface area contributed by atoms with Crippen molar-refractivity contribution in [2.75, 3.05) is 0 Å². The van der Waals surface area contributed by atoms with Crippen molar-refractivity contribution < 1.29 is 0 Å². The lowest BCUT2D eigenvalue weighted by Gasteiger charge is -2.36. The second kappa shape index (κ2) is 11.3. The molecule has 3 rings (SSSR count). The highest BCUT2D eigenvalue weighted by molar-refractivity contribution is 6.31. The van der Waals surface area contributed by atoms with Crippen LogP contribution >= 0.6 is 11.6 Å². The topological polar surface area (TPSA) is 0 Å². The van der Waals surface area contributed by atoms with Crippen molar-refractivity contribution >= 4 is 11.6 Å². The highest BCUT2D eigenvalue weighted by atomic mass is 35.5.